The number of nitrogens with one attached hydrogen (secondary N) is 1. The maximum Gasteiger partial charge on any atom is 0.225 e. The van der Waals surface area contributed by atoms with Crippen LogP contribution in [0.5, 0.6) is 0 Å². The Labute approximate surface area is 179 Å². The zero-order chi connectivity index (χ0) is 20.7. The number of rotatable bonds is 4. The lowest BCUT2D eigenvalue weighted by atomic mass is 9.97. The van der Waals surface area contributed by atoms with Gasteiger partial charge in [0.15, 0.2) is 10.8 Å². The number of amides is 1. The van der Waals surface area contributed by atoms with Crippen LogP contribution in [0.4, 0.5) is 9.52 Å². The first-order chi connectivity index (χ1) is 14.6. The number of benzene rings is 1. The largest absolute Gasteiger partial charge is 0.353 e. The molecule has 0 bridgehead atoms. The zero-order valence-electron chi connectivity index (χ0n) is 17.1. The Morgan fingerprint density at radius 1 is 1.17 bits per heavy atom. The number of carbonyl (C=O) groups is 1. The van der Waals surface area contributed by atoms with Crippen molar-refractivity contribution in [1.82, 2.24) is 20.1 Å². The van der Waals surface area contributed by atoms with E-state index in [1.54, 1.807) is 28.2 Å². The summed E-state index contributed by atoms with van der Waals surface area (Å²) in [5.74, 6) is -0.0597. The second-order valence-corrected chi connectivity index (χ2v) is 9.38. The van der Waals surface area contributed by atoms with Gasteiger partial charge in [0.1, 0.15) is 5.82 Å². The van der Waals surface area contributed by atoms with Crippen molar-refractivity contribution in [2.24, 2.45) is 5.92 Å². The number of fused-ring (bicyclic) bond motifs is 1. The maximum atomic E-state index is 13.3. The standard InChI is InChI=1S/C22H26FN5OS/c1-14-19-20(28(26-14)18-10-8-16(23)9-11-18)25-22(30-19)27-12-4-5-15(13-27)21(29)24-17-6-2-3-7-17/h8-11,15,17H,2-7,12-13H2,1H3,(H,24,29)/t15-/m0/s1. The number of aryl methyl sites for hydroxylation is 1. The number of thiazole rings is 1. The SMILES string of the molecule is Cc1nn(-c2ccc(F)cc2)c2nc(N3CCC[C@H](C(=O)NC4CCCC4)C3)sc12. The van der Waals surface area contributed by atoms with Crippen LogP contribution in [-0.4, -0.2) is 39.8 Å². The molecule has 2 fully saturated rings. The van der Waals surface area contributed by atoms with Crippen LogP contribution in [0.2, 0.25) is 0 Å². The zero-order valence-corrected chi connectivity index (χ0v) is 17.9. The first kappa shape index (κ1) is 19.5. The summed E-state index contributed by atoms with van der Waals surface area (Å²) >= 11 is 1.62. The minimum atomic E-state index is -0.270. The van der Waals surface area contributed by atoms with Gasteiger partial charge in [0, 0.05) is 19.1 Å². The van der Waals surface area contributed by atoms with Gasteiger partial charge in [-0.3, -0.25) is 4.79 Å². The van der Waals surface area contributed by atoms with Crippen LogP contribution in [0.25, 0.3) is 16.0 Å². The van der Waals surface area contributed by atoms with Crippen molar-refractivity contribution in [2.75, 3.05) is 18.0 Å². The molecule has 1 N–H and O–H groups in total. The number of piperidine rings is 1. The van der Waals surface area contributed by atoms with Crippen LogP contribution in [-0.2, 0) is 4.79 Å². The highest BCUT2D eigenvalue weighted by molar-refractivity contribution is 7.22. The molecule has 1 aromatic carbocycles. The van der Waals surface area contributed by atoms with E-state index >= 15 is 0 Å². The van der Waals surface area contributed by atoms with E-state index in [0.29, 0.717) is 12.6 Å². The van der Waals surface area contributed by atoms with Crippen LogP contribution in [0.1, 0.15) is 44.2 Å². The highest BCUT2D eigenvalue weighted by Crippen LogP contribution is 2.34. The molecular formula is C22H26FN5OS. The number of hydrogen-bond acceptors (Lipinski definition) is 5. The Balaban J connectivity index is 1.37. The number of halogens is 1. The minimum absolute atomic E-state index is 0.0149. The predicted molar refractivity (Wildman–Crippen MR) is 117 cm³/mol. The summed E-state index contributed by atoms with van der Waals surface area (Å²) in [6, 6.07) is 6.65. The number of aromatic nitrogens is 3. The lowest BCUT2D eigenvalue weighted by molar-refractivity contribution is -0.125. The summed E-state index contributed by atoms with van der Waals surface area (Å²) in [4.78, 5) is 19.9. The van der Waals surface area contributed by atoms with Crippen molar-refractivity contribution < 1.29 is 9.18 Å². The molecule has 1 aliphatic carbocycles. The van der Waals surface area contributed by atoms with Gasteiger partial charge in [0.2, 0.25) is 5.91 Å². The van der Waals surface area contributed by atoms with Gasteiger partial charge in [0.05, 0.1) is 22.0 Å². The second kappa shape index (κ2) is 7.98. The topological polar surface area (TPSA) is 63.1 Å². The highest BCUT2D eigenvalue weighted by Gasteiger charge is 2.30. The van der Waals surface area contributed by atoms with Crippen molar-refractivity contribution in [3.05, 3.63) is 35.8 Å². The van der Waals surface area contributed by atoms with Crippen molar-refractivity contribution >= 4 is 32.7 Å². The third kappa shape index (κ3) is 3.69. The van der Waals surface area contributed by atoms with E-state index in [9.17, 15) is 9.18 Å². The van der Waals surface area contributed by atoms with Gasteiger partial charge < -0.3 is 10.2 Å². The fourth-order valence-corrected chi connectivity index (χ4v) is 5.60. The summed E-state index contributed by atoms with van der Waals surface area (Å²) in [6.45, 7) is 3.59. The Bertz CT molecular complexity index is 1050. The molecule has 5 rings (SSSR count). The third-order valence-electron chi connectivity index (χ3n) is 6.21. The molecule has 30 heavy (non-hydrogen) atoms. The van der Waals surface area contributed by atoms with Crippen LogP contribution in [0.15, 0.2) is 24.3 Å². The number of anilines is 1. The molecule has 1 amide bonds. The molecule has 3 aromatic rings. The molecule has 1 saturated heterocycles. The van der Waals surface area contributed by atoms with E-state index in [1.807, 2.05) is 6.92 Å². The quantitative estimate of drug-likeness (QED) is 0.678. The number of hydrogen-bond donors (Lipinski definition) is 1. The number of nitrogens with zero attached hydrogens (tertiary/aromatic N) is 4. The molecule has 1 atom stereocenters. The highest BCUT2D eigenvalue weighted by atomic mass is 32.1. The van der Waals surface area contributed by atoms with Crippen molar-refractivity contribution in [3.8, 4) is 5.69 Å². The van der Waals surface area contributed by atoms with E-state index in [0.717, 1.165) is 59.1 Å². The molecule has 0 unspecified atom stereocenters. The van der Waals surface area contributed by atoms with Gasteiger partial charge in [0.25, 0.3) is 0 Å². The lowest BCUT2D eigenvalue weighted by Crippen LogP contribution is -2.45. The van der Waals surface area contributed by atoms with Crippen molar-refractivity contribution in [1.29, 1.82) is 0 Å². The summed E-state index contributed by atoms with van der Waals surface area (Å²) in [5, 5.41) is 8.79. The van der Waals surface area contributed by atoms with E-state index in [1.165, 1.54) is 25.0 Å². The summed E-state index contributed by atoms with van der Waals surface area (Å²) < 4.78 is 16.1. The average Bonchev–Trinajstić information content (AvgIpc) is 3.48. The van der Waals surface area contributed by atoms with Crippen molar-refractivity contribution in [2.45, 2.75) is 51.5 Å². The Morgan fingerprint density at radius 2 is 1.93 bits per heavy atom. The summed E-state index contributed by atoms with van der Waals surface area (Å²) in [7, 11) is 0. The minimum Gasteiger partial charge on any atom is -0.353 e. The molecule has 2 aromatic heterocycles. The molecule has 8 heteroatoms. The molecule has 2 aliphatic rings. The molecule has 6 nitrogen and oxygen atoms in total. The Kier molecular flexibility index (Phi) is 5.18. The second-order valence-electron chi connectivity index (χ2n) is 8.40. The van der Waals surface area contributed by atoms with Crippen molar-refractivity contribution in [3.63, 3.8) is 0 Å². The maximum absolute atomic E-state index is 13.3. The van der Waals surface area contributed by atoms with E-state index in [2.05, 4.69) is 15.3 Å². The molecular weight excluding hydrogens is 401 g/mol. The summed E-state index contributed by atoms with van der Waals surface area (Å²) in [5.41, 5.74) is 2.49. The predicted octanol–water partition coefficient (Wildman–Crippen LogP) is 4.20. The van der Waals surface area contributed by atoms with Gasteiger partial charge in [-0.05, 0) is 56.9 Å². The smallest absolute Gasteiger partial charge is 0.225 e. The number of carbonyl (C=O) groups excluding carboxylic acids is 1. The van der Waals surface area contributed by atoms with E-state index in [-0.39, 0.29) is 17.6 Å². The van der Waals surface area contributed by atoms with E-state index in [4.69, 9.17) is 4.98 Å². The van der Waals surface area contributed by atoms with E-state index < -0.39 is 0 Å². The molecule has 3 heterocycles. The van der Waals surface area contributed by atoms with Crippen LogP contribution in [0.3, 0.4) is 0 Å². The van der Waals surface area contributed by atoms with Gasteiger partial charge in [-0.1, -0.05) is 24.2 Å². The molecule has 0 spiro atoms. The first-order valence-electron chi connectivity index (χ1n) is 10.8. The van der Waals surface area contributed by atoms with Crippen LogP contribution < -0.4 is 10.2 Å². The Morgan fingerprint density at radius 3 is 2.70 bits per heavy atom. The third-order valence-corrected chi connectivity index (χ3v) is 7.43. The van der Waals surface area contributed by atoms with Gasteiger partial charge >= 0.3 is 0 Å². The van der Waals surface area contributed by atoms with Gasteiger partial charge in [-0.25, -0.2) is 9.07 Å². The monoisotopic (exact) mass is 427 g/mol. The Hall–Kier alpha value is -2.48. The molecule has 1 aliphatic heterocycles. The van der Waals surface area contributed by atoms with Crippen LogP contribution in [0, 0.1) is 18.7 Å². The molecule has 1 saturated carbocycles. The van der Waals surface area contributed by atoms with Crippen LogP contribution >= 0.6 is 11.3 Å². The normalized spacial score (nSPS) is 20.2. The fourth-order valence-electron chi connectivity index (χ4n) is 4.57. The fraction of sp³-hybridized carbons (Fsp3) is 0.500. The van der Waals surface area contributed by atoms with Gasteiger partial charge in [-0.2, -0.15) is 10.1 Å². The molecule has 158 valence electrons. The molecule has 0 radical (unpaired) electrons. The van der Waals surface area contributed by atoms with Gasteiger partial charge in [-0.15, -0.1) is 0 Å². The first-order valence-corrected chi connectivity index (χ1v) is 11.6. The average molecular weight is 428 g/mol. The lowest BCUT2D eigenvalue weighted by Gasteiger charge is -2.32. The summed E-state index contributed by atoms with van der Waals surface area (Å²) in [6.07, 6.45) is 6.58.